The number of fused-ring (bicyclic) bond motifs is 2. The van der Waals surface area contributed by atoms with Crippen molar-refractivity contribution < 1.29 is 52.6 Å². The second-order valence-corrected chi connectivity index (χ2v) is 13.8. The molecule has 1 spiro atoms. The maximum atomic E-state index is 13.8. The van der Waals surface area contributed by atoms with Gasteiger partial charge in [0.2, 0.25) is 5.76 Å². The van der Waals surface area contributed by atoms with Gasteiger partial charge >= 0.3 is 11.9 Å². The summed E-state index contributed by atoms with van der Waals surface area (Å²) < 4.78 is 41.4. The number of aliphatic hydroxyl groups excluding tert-OH is 2. The number of furan rings is 1. The summed E-state index contributed by atoms with van der Waals surface area (Å²) in [5.41, 5.74) is 0.0731. The zero-order valence-corrected chi connectivity index (χ0v) is 28.5. The Morgan fingerprint density at radius 2 is 1.89 bits per heavy atom. The van der Waals surface area contributed by atoms with E-state index in [0.717, 1.165) is 5.57 Å². The number of carbonyl (C=O) groups excluding carboxylic acids is 2. The van der Waals surface area contributed by atoms with E-state index in [1.165, 1.54) is 27.4 Å². The maximum Gasteiger partial charge on any atom is 0.374 e. The minimum Gasteiger partial charge on any atom is -0.459 e. The largest absolute Gasteiger partial charge is 0.459 e. The van der Waals surface area contributed by atoms with Gasteiger partial charge < -0.3 is 43.1 Å². The van der Waals surface area contributed by atoms with Crippen molar-refractivity contribution in [1.29, 1.82) is 0 Å². The Bertz CT molecular complexity index is 1260. The SMILES string of the molecule is COC[C@@H]1[C@@H](O)[C@@H]2C[C@@H](O[C@@H]3C=C[C@@H]4[C@@H](COC)C(=O)O[C@H]([C@H](O)COC)[C@H](C)/C=C(\C)[C@@]432)[C@@H]1OC(=O)c1cc(Br)c(Br)o1. The van der Waals surface area contributed by atoms with Crippen molar-refractivity contribution in [2.24, 2.45) is 35.0 Å². The third kappa shape index (κ3) is 5.76. The molecule has 2 aliphatic heterocycles. The highest BCUT2D eigenvalue weighted by atomic mass is 79.9. The Kier molecular flexibility index (Phi) is 10.5. The van der Waals surface area contributed by atoms with Gasteiger partial charge in [-0.3, -0.25) is 4.79 Å². The van der Waals surface area contributed by atoms with Gasteiger partial charge in [-0.1, -0.05) is 30.7 Å². The lowest BCUT2D eigenvalue weighted by atomic mass is 9.51. The number of rotatable bonds is 9. The molecule has 1 aromatic rings. The predicted octanol–water partition coefficient (Wildman–Crippen LogP) is 3.69. The lowest BCUT2D eigenvalue weighted by Crippen LogP contribution is -2.66. The van der Waals surface area contributed by atoms with E-state index in [4.69, 9.17) is 32.8 Å². The molecule has 3 heterocycles. The molecule has 5 rings (SSSR count). The first kappa shape index (κ1) is 33.8. The van der Waals surface area contributed by atoms with E-state index in [2.05, 4.69) is 31.9 Å². The van der Waals surface area contributed by atoms with Gasteiger partial charge in [-0.15, -0.1) is 0 Å². The summed E-state index contributed by atoms with van der Waals surface area (Å²) in [5.74, 6) is -3.78. The van der Waals surface area contributed by atoms with E-state index in [-0.39, 0.29) is 31.5 Å². The van der Waals surface area contributed by atoms with Crippen molar-refractivity contribution in [3.8, 4) is 0 Å². The van der Waals surface area contributed by atoms with Gasteiger partial charge in [0.25, 0.3) is 0 Å². The first-order chi connectivity index (χ1) is 21.0. The minimum absolute atomic E-state index is 0.000181. The topological polar surface area (TPSA) is 143 Å². The number of allylic oxidation sites excluding steroid dienone is 1. The molecule has 2 aliphatic carbocycles. The summed E-state index contributed by atoms with van der Waals surface area (Å²) in [6.45, 7) is 4.05. The number of cyclic esters (lactones) is 1. The Hall–Kier alpha value is -1.58. The van der Waals surface area contributed by atoms with Crippen LogP contribution >= 0.6 is 31.9 Å². The molecule has 12 atom stereocenters. The van der Waals surface area contributed by atoms with Crippen LogP contribution in [0.5, 0.6) is 0 Å². The third-order valence-corrected chi connectivity index (χ3v) is 11.5. The molecule has 2 fully saturated rings. The lowest BCUT2D eigenvalue weighted by molar-refractivity contribution is -0.248. The first-order valence-corrected chi connectivity index (χ1v) is 16.3. The third-order valence-electron chi connectivity index (χ3n) is 9.79. The molecule has 0 radical (unpaired) electrons. The highest BCUT2D eigenvalue weighted by molar-refractivity contribution is 9.13. The molecule has 1 saturated heterocycles. The van der Waals surface area contributed by atoms with Gasteiger partial charge in [0.15, 0.2) is 4.67 Å². The fourth-order valence-electron chi connectivity index (χ4n) is 8.02. The van der Waals surface area contributed by atoms with Crippen LogP contribution in [-0.2, 0) is 33.2 Å². The van der Waals surface area contributed by atoms with Crippen LogP contribution in [-0.4, -0.2) is 99.9 Å². The number of ether oxygens (including phenoxy) is 6. The smallest absolute Gasteiger partial charge is 0.374 e. The van der Waals surface area contributed by atoms with Crippen molar-refractivity contribution >= 4 is 43.8 Å². The van der Waals surface area contributed by atoms with Crippen molar-refractivity contribution in [2.75, 3.05) is 41.2 Å². The average Bonchev–Trinajstić information content (AvgIpc) is 3.54. The standard InChI is InChI=1S/C31H40Br2O11/c1-14-8-15(2)31-18(16(11-38-3)29(36)43-26(14)21(34)13-40-5)6-7-24(31)41-22-9-19(31)25(35)17(12-39-4)27(22)44-30(37)23-10-20(32)28(33)42-23/h6-8,10,14,16-19,21-22,24-27,34-35H,9,11-13H2,1-5H3/b15-8+/t14-,16-,17-,18-,19+,21-,22-,24-,25-,26+,27-,31+/m1/s1. The fraction of sp³-hybridized carbons (Fsp3) is 0.677. The highest BCUT2D eigenvalue weighted by Crippen LogP contribution is 2.62. The van der Waals surface area contributed by atoms with E-state index >= 15 is 0 Å². The quantitative estimate of drug-likeness (QED) is 0.282. The summed E-state index contributed by atoms with van der Waals surface area (Å²) in [4.78, 5) is 27.0. The molecular weight excluding hydrogens is 708 g/mol. The van der Waals surface area contributed by atoms with Gasteiger partial charge in [0.1, 0.15) is 18.3 Å². The van der Waals surface area contributed by atoms with Crippen molar-refractivity contribution in [2.45, 2.75) is 56.9 Å². The van der Waals surface area contributed by atoms with Gasteiger partial charge in [-0.2, -0.15) is 0 Å². The highest BCUT2D eigenvalue weighted by Gasteiger charge is 2.67. The lowest BCUT2D eigenvalue weighted by Gasteiger charge is -2.59. The summed E-state index contributed by atoms with van der Waals surface area (Å²) in [6, 6.07) is 1.51. The number of methoxy groups -OCH3 is 3. The van der Waals surface area contributed by atoms with E-state index in [9.17, 15) is 19.8 Å². The van der Waals surface area contributed by atoms with Crippen LogP contribution < -0.4 is 0 Å². The van der Waals surface area contributed by atoms with E-state index in [1.807, 2.05) is 32.1 Å². The molecule has 44 heavy (non-hydrogen) atoms. The van der Waals surface area contributed by atoms with Gasteiger partial charge in [0.05, 0.1) is 48.5 Å². The Balaban J connectivity index is 1.56. The average molecular weight is 748 g/mol. The van der Waals surface area contributed by atoms with Crippen molar-refractivity contribution in [3.63, 3.8) is 0 Å². The van der Waals surface area contributed by atoms with Crippen LogP contribution in [0.15, 0.2) is 43.4 Å². The van der Waals surface area contributed by atoms with Crippen molar-refractivity contribution in [1.82, 2.24) is 0 Å². The van der Waals surface area contributed by atoms with Crippen LogP contribution in [0, 0.1) is 35.0 Å². The molecule has 0 unspecified atom stereocenters. The molecule has 11 nitrogen and oxygen atoms in total. The molecule has 13 heteroatoms. The number of hydrogen-bond donors (Lipinski definition) is 2. The summed E-state index contributed by atoms with van der Waals surface area (Å²) in [5, 5.41) is 23.1. The van der Waals surface area contributed by atoms with E-state index in [0.29, 0.717) is 15.6 Å². The Morgan fingerprint density at radius 3 is 2.52 bits per heavy atom. The van der Waals surface area contributed by atoms with E-state index in [1.54, 1.807) is 0 Å². The normalized spacial score (nSPS) is 40.0. The fourth-order valence-corrected chi connectivity index (χ4v) is 8.59. The maximum absolute atomic E-state index is 13.8. The number of carbonyl (C=O) groups is 2. The summed E-state index contributed by atoms with van der Waals surface area (Å²) >= 11 is 6.57. The molecule has 4 aliphatic rings. The molecule has 244 valence electrons. The first-order valence-electron chi connectivity index (χ1n) is 14.7. The molecule has 0 amide bonds. The Morgan fingerprint density at radius 1 is 1.16 bits per heavy atom. The van der Waals surface area contributed by atoms with Crippen LogP contribution in [0.1, 0.15) is 30.8 Å². The zero-order valence-electron chi connectivity index (χ0n) is 25.3. The van der Waals surface area contributed by atoms with Gasteiger partial charge in [-0.05, 0) is 45.2 Å². The monoisotopic (exact) mass is 746 g/mol. The second kappa shape index (κ2) is 13.6. The van der Waals surface area contributed by atoms with Crippen LogP contribution in [0.25, 0.3) is 0 Å². The second-order valence-electron chi connectivity index (χ2n) is 12.2. The minimum atomic E-state index is -1.04. The number of hydrogen-bond acceptors (Lipinski definition) is 11. The summed E-state index contributed by atoms with van der Waals surface area (Å²) in [6.07, 6.45) is 1.46. The zero-order chi connectivity index (χ0) is 31.9. The molecular formula is C31H40Br2O11. The molecule has 1 aromatic heterocycles. The molecule has 1 saturated carbocycles. The molecule has 2 bridgehead atoms. The van der Waals surface area contributed by atoms with Gasteiger partial charge in [0, 0.05) is 56.5 Å². The molecule has 2 N–H and O–H groups in total. The predicted molar refractivity (Wildman–Crippen MR) is 163 cm³/mol. The van der Waals surface area contributed by atoms with Crippen LogP contribution in [0.3, 0.4) is 0 Å². The van der Waals surface area contributed by atoms with Crippen LogP contribution in [0.4, 0.5) is 0 Å². The Labute approximate surface area is 273 Å². The summed E-state index contributed by atoms with van der Waals surface area (Å²) in [7, 11) is 4.53. The van der Waals surface area contributed by atoms with Gasteiger partial charge in [-0.25, -0.2) is 4.79 Å². The number of halogens is 2. The number of aliphatic hydroxyl groups is 2. The number of esters is 2. The molecule has 0 aromatic carbocycles. The van der Waals surface area contributed by atoms with E-state index < -0.39 is 77.6 Å². The van der Waals surface area contributed by atoms with Crippen molar-refractivity contribution in [3.05, 3.63) is 44.8 Å². The van der Waals surface area contributed by atoms with Crippen LogP contribution in [0.2, 0.25) is 0 Å².